The summed E-state index contributed by atoms with van der Waals surface area (Å²) in [5.41, 5.74) is -0.571. The molecule has 31 heavy (non-hydrogen) atoms. The number of sulfonamides is 1. The molecule has 3 rings (SSSR count). The van der Waals surface area contributed by atoms with E-state index in [0.29, 0.717) is 44.0 Å². The Morgan fingerprint density at radius 1 is 1.10 bits per heavy atom. The van der Waals surface area contributed by atoms with Gasteiger partial charge in [0.05, 0.1) is 30.3 Å². The highest BCUT2D eigenvalue weighted by Crippen LogP contribution is 2.34. The highest BCUT2D eigenvalue weighted by molar-refractivity contribution is 7.89. The van der Waals surface area contributed by atoms with Crippen LogP contribution in [0.1, 0.15) is 11.1 Å². The fourth-order valence-corrected chi connectivity index (χ4v) is 4.97. The van der Waals surface area contributed by atoms with Crippen molar-refractivity contribution in [2.45, 2.75) is 17.6 Å². The number of alkyl halides is 3. The lowest BCUT2D eigenvalue weighted by Gasteiger charge is -2.30. The number of hydrogen-bond donors (Lipinski definition) is 0. The maximum Gasteiger partial charge on any atom is 0.416 e. The van der Waals surface area contributed by atoms with Crippen LogP contribution in [-0.4, -0.2) is 56.4 Å². The lowest BCUT2D eigenvalue weighted by molar-refractivity contribution is -0.138. The van der Waals surface area contributed by atoms with Crippen molar-refractivity contribution in [2.24, 2.45) is 0 Å². The molecule has 0 spiro atoms. The summed E-state index contributed by atoms with van der Waals surface area (Å²) in [7, 11) is -4.52. The van der Waals surface area contributed by atoms with E-state index in [2.05, 4.69) is 0 Å². The summed E-state index contributed by atoms with van der Waals surface area (Å²) < 4.78 is 72.2. The van der Waals surface area contributed by atoms with Crippen LogP contribution < -0.4 is 0 Å². The summed E-state index contributed by atoms with van der Waals surface area (Å²) >= 11 is 5.98. The molecule has 0 unspecified atom stereocenters. The van der Waals surface area contributed by atoms with E-state index in [1.54, 1.807) is 30.3 Å². The number of ether oxygens (including phenoxy) is 1. The zero-order valence-corrected chi connectivity index (χ0v) is 17.9. The predicted octanol–water partition coefficient (Wildman–Crippen LogP) is 3.41. The number of amides is 1. The van der Waals surface area contributed by atoms with Crippen LogP contribution in [0.5, 0.6) is 0 Å². The number of benzene rings is 2. The van der Waals surface area contributed by atoms with E-state index in [0.717, 1.165) is 10.4 Å². The first kappa shape index (κ1) is 23.5. The average Bonchev–Trinajstić information content (AvgIpc) is 2.74. The second-order valence-electron chi connectivity index (χ2n) is 6.89. The standard InChI is InChI=1S/C20H20ClF3N2O4S/c21-17-7-6-16(20(22,23)24)12-18(17)31(28,29)26(13-15-4-2-1-3-5-15)14-19(27)25-8-10-30-11-9-25/h1-7,12H,8-11,13-14H2. The van der Waals surface area contributed by atoms with Crippen molar-refractivity contribution in [1.29, 1.82) is 0 Å². The fourth-order valence-electron chi connectivity index (χ4n) is 3.09. The summed E-state index contributed by atoms with van der Waals surface area (Å²) in [6.45, 7) is 0.535. The SMILES string of the molecule is O=C(CN(Cc1ccccc1)S(=O)(=O)c1cc(C(F)(F)F)ccc1Cl)N1CCOCC1. The van der Waals surface area contributed by atoms with Gasteiger partial charge < -0.3 is 9.64 Å². The number of nitrogens with zero attached hydrogens (tertiary/aromatic N) is 2. The molecule has 0 atom stereocenters. The van der Waals surface area contributed by atoms with Crippen LogP contribution in [0.2, 0.25) is 5.02 Å². The van der Waals surface area contributed by atoms with Crippen molar-refractivity contribution in [3.05, 3.63) is 64.7 Å². The van der Waals surface area contributed by atoms with Crippen LogP contribution in [0, 0.1) is 0 Å². The Kier molecular flexibility index (Phi) is 7.25. The summed E-state index contributed by atoms with van der Waals surface area (Å²) in [5.74, 6) is -0.467. The number of halogens is 4. The molecule has 0 bridgehead atoms. The maximum absolute atomic E-state index is 13.3. The van der Waals surface area contributed by atoms with E-state index >= 15 is 0 Å². The lowest BCUT2D eigenvalue weighted by atomic mass is 10.2. The molecule has 0 radical (unpaired) electrons. The molecule has 6 nitrogen and oxygen atoms in total. The van der Waals surface area contributed by atoms with Crippen LogP contribution in [0.3, 0.4) is 0 Å². The second-order valence-corrected chi connectivity index (χ2v) is 9.21. The molecule has 2 aromatic carbocycles. The monoisotopic (exact) mass is 476 g/mol. The van der Waals surface area contributed by atoms with Crippen LogP contribution in [0.15, 0.2) is 53.4 Å². The van der Waals surface area contributed by atoms with Crippen LogP contribution in [-0.2, 0) is 32.3 Å². The number of carbonyl (C=O) groups is 1. The molecule has 0 N–H and O–H groups in total. The van der Waals surface area contributed by atoms with Crippen LogP contribution >= 0.6 is 11.6 Å². The van der Waals surface area contributed by atoms with Crippen LogP contribution in [0.4, 0.5) is 13.2 Å². The van der Waals surface area contributed by atoms with Gasteiger partial charge in [-0.15, -0.1) is 0 Å². The highest BCUT2D eigenvalue weighted by Gasteiger charge is 2.35. The third kappa shape index (κ3) is 5.76. The highest BCUT2D eigenvalue weighted by atomic mass is 35.5. The van der Waals surface area contributed by atoms with Crippen molar-refractivity contribution in [3.63, 3.8) is 0 Å². The van der Waals surface area contributed by atoms with Gasteiger partial charge in [-0.3, -0.25) is 4.79 Å². The maximum atomic E-state index is 13.3. The van der Waals surface area contributed by atoms with Crippen molar-refractivity contribution in [1.82, 2.24) is 9.21 Å². The number of rotatable bonds is 6. The molecule has 2 aromatic rings. The van der Waals surface area contributed by atoms with Crippen molar-refractivity contribution >= 4 is 27.5 Å². The molecule has 11 heteroatoms. The zero-order valence-electron chi connectivity index (χ0n) is 16.3. The minimum Gasteiger partial charge on any atom is -0.378 e. The summed E-state index contributed by atoms with van der Waals surface area (Å²) in [6, 6.07) is 10.6. The summed E-state index contributed by atoms with van der Waals surface area (Å²) in [6.07, 6.45) is -4.75. The van der Waals surface area contributed by atoms with E-state index in [-0.39, 0.29) is 11.6 Å². The molecule has 1 saturated heterocycles. The predicted molar refractivity (Wildman–Crippen MR) is 108 cm³/mol. The van der Waals surface area contributed by atoms with E-state index in [4.69, 9.17) is 16.3 Å². The van der Waals surface area contributed by atoms with Gasteiger partial charge in [0.1, 0.15) is 4.90 Å². The molecule has 1 amide bonds. The average molecular weight is 477 g/mol. The number of carbonyl (C=O) groups excluding carboxylic acids is 1. The quantitative estimate of drug-likeness (QED) is 0.641. The topological polar surface area (TPSA) is 66.9 Å². The minimum atomic E-state index is -4.75. The molecular weight excluding hydrogens is 457 g/mol. The van der Waals surface area contributed by atoms with Gasteiger partial charge in [0.2, 0.25) is 15.9 Å². The molecule has 1 heterocycles. The smallest absolute Gasteiger partial charge is 0.378 e. The zero-order chi connectivity index (χ0) is 22.6. The molecule has 0 saturated carbocycles. The number of morpholine rings is 1. The van der Waals surface area contributed by atoms with E-state index in [1.165, 1.54) is 4.90 Å². The largest absolute Gasteiger partial charge is 0.416 e. The Morgan fingerprint density at radius 2 is 1.74 bits per heavy atom. The van der Waals surface area contributed by atoms with Gasteiger partial charge in [0, 0.05) is 19.6 Å². The lowest BCUT2D eigenvalue weighted by Crippen LogP contribution is -2.46. The molecule has 0 aromatic heterocycles. The third-order valence-corrected chi connectivity index (χ3v) is 7.03. The summed E-state index contributed by atoms with van der Waals surface area (Å²) in [5, 5.41) is -0.357. The molecule has 168 valence electrons. The first-order chi connectivity index (χ1) is 14.6. The minimum absolute atomic E-state index is 0.203. The van der Waals surface area contributed by atoms with Gasteiger partial charge in [-0.1, -0.05) is 41.9 Å². The summed E-state index contributed by atoms with van der Waals surface area (Å²) in [4.78, 5) is 13.5. The van der Waals surface area contributed by atoms with Gasteiger partial charge in [-0.05, 0) is 23.8 Å². The van der Waals surface area contributed by atoms with Gasteiger partial charge in [0.15, 0.2) is 0 Å². The Bertz CT molecular complexity index is 1030. The second kappa shape index (κ2) is 9.56. The first-order valence-electron chi connectivity index (χ1n) is 9.35. The molecular formula is C20H20ClF3N2O4S. The molecule has 1 aliphatic heterocycles. The normalized spacial score (nSPS) is 15.3. The van der Waals surface area contributed by atoms with Crippen molar-refractivity contribution in [3.8, 4) is 0 Å². The Hall–Kier alpha value is -2.14. The van der Waals surface area contributed by atoms with Gasteiger partial charge in [-0.2, -0.15) is 17.5 Å². The van der Waals surface area contributed by atoms with Gasteiger partial charge >= 0.3 is 6.18 Å². The Morgan fingerprint density at radius 3 is 2.35 bits per heavy atom. The molecule has 1 aliphatic rings. The third-order valence-electron chi connectivity index (χ3n) is 4.75. The van der Waals surface area contributed by atoms with E-state index in [1.807, 2.05) is 0 Å². The Balaban J connectivity index is 1.98. The van der Waals surface area contributed by atoms with Gasteiger partial charge in [-0.25, -0.2) is 8.42 Å². The van der Waals surface area contributed by atoms with Crippen LogP contribution in [0.25, 0.3) is 0 Å². The van der Waals surface area contributed by atoms with Crippen molar-refractivity contribution in [2.75, 3.05) is 32.8 Å². The van der Waals surface area contributed by atoms with E-state index in [9.17, 15) is 26.4 Å². The number of hydrogen-bond acceptors (Lipinski definition) is 4. The first-order valence-corrected chi connectivity index (χ1v) is 11.2. The molecule has 0 aliphatic carbocycles. The Labute approximate surface area is 183 Å². The van der Waals surface area contributed by atoms with E-state index < -0.39 is 39.1 Å². The molecule has 1 fully saturated rings. The van der Waals surface area contributed by atoms with Gasteiger partial charge in [0.25, 0.3) is 0 Å². The van der Waals surface area contributed by atoms with Crippen molar-refractivity contribution < 1.29 is 31.1 Å². The fraction of sp³-hybridized carbons (Fsp3) is 0.350.